The Morgan fingerprint density at radius 3 is 2.54 bits per heavy atom. The monoisotopic (exact) mass is 375 g/mol. The lowest BCUT2D eigenvalue weighted by Crippen LogP contribution is -2.46. The van der Waals surface area contributed by atoms with Gasteiger partial charge in [0.15, 0.2) is 5.96 Å². The molecule has 4 rings (SSSR count). The third-order valence-corrected chi connectivity index (χ3v) is 5.78. The van der Waals surface area contributed by atoms with Crippen LogP contribution in [0.3, 0.4) is 0 Å². The van der Waals surface area contributed by atoms with E-state index in [2.05, 4.69) is 28.9 Å². The predicted molar refractivity (Wildman–Crippen MR) is 115 cm³/mol. The first-order valence-corrected chi connectivity index (χ1v) is 10.3. The highest BCUT2D eigenvalue weighted by Gasteiger charge is 2.36. The number of rotatable bonds is 5. The zero-order valence-corrected chi connectivity index (χ0v) is 16.3. The van der Waals surface area contributed by atoms with Crippen LogP contribution in [0.15, 0.2) is 72.2 Å². The molecule has 1 heterocycles. The van der Waals surface area contributed by atoms with Crippen LogP contribution in [0.1, 0.15) is 55.4 Å². The number of para-hydroxylation sites is 1. The summed E-state index contributed by atoms with van der Waals surface area (Å²) in [4.78, 5) is 7.26. The number of fused-ring (bicyclic) bond motifs is 1. The van der Waals surface area contributed by atoms with Crippen molar-refractivity contribution in [3.8, 4) is 0 Å². The lowest BCUT2D eigenvalue weighted by molar-refractivity contribution is 0.0863. The minimum Gasteiger partial charge on any atom is -0.386 e. The van der Waals surface area contributed by atoms with Crippen molar-refractivity contribution in [2.24, 2.45) is 4.99 Å². The van der Waals surface area contributed by atoms with Crippen LogP contribution in [0.5, 0.6) is 0 Å². The summed E-state index contributed by atoms with van der Waals surface area (Å²) in [6.07, 6.45) is 7.31. The largest absolute Gasteiger partial charge is 0.386 e. The van der Waals surface area contributed by atoms with Crippen LogP contribution in [0.25, 0.3) is 0 Å². The molecule has 2 N–H and O–H groups in total. The average molecular weight is 376 g/mol. The van der Waals surface area contributed by atoms with Crippen LogP contribution < -0.4 is 5.32 Å². The molecule has 28 heavy (non-hydrogen) atoms. The van der Waals surface area contributed by atoms with Gasteiger partial charge in [0, 0.05) is 17.8 Å². The van der Waals surface area contributed by atoms with E-state index in [1.165, 1.54) is 19.3 Å². The molecule has 4 heteroatoms. The molecule has 1 aliphatic heterocycles. The molecule has 0 unspecified atom stereocenters. The fourth-order valence-corrected chi connectivity index (χ4v) is 4.36. The van der Waals surface area contributed by atoms with Crippen LogP contribution in [0.4, 0.5) is 5.69 Å². The number of nitrogens with one attached hydrogen (secondary N) is 1. The van der Waals surface area contributed by atoms with Gasteiger partial charge in [-0.1, -0.05) is 73.9 Å². The maximum absolute atomic E-state index is 11.4. The molecule has 2 aromatic rings. The number of guanidine groups is 1. The highest BCUT2D eigenvalue weighted by Crippen LogP contribution is 2.41. The van der Waals surface area contributed by atoms with E-state index in [0.717, 1.165) is 35.6 Å². The van der Waals surface area contributed by atoms with Crippen molar-refractivity contribution in [1.29, 1.82) is 0 Å². The number of aliphatic imine (C=N–C) groups is 1. The Kier molecular flexibility index (Phi) is 5.77. The molecule has 4 nitrogen and oxygen atoms in total. The Morgan fingerprint density at radius 1 is 1.07 bits per heavy atom. The summed E-state index contributed by atoms with van der Waals surface area (Å²) >= 11 is 0. The number of nitrogens with zero attached hydrogens (tertiary/aromatic N) is 2. The number of aliphatic hydroxyl groups excluding tert-OH is 1. The number of anilines is 1. The van der Waals surface area contributed by atoms with Gasteiger partial charge in [-0.15, -0.1) is 6.58 Å². The molecule has 0 aromatic heterocycles. The molecular formula is C24H29N3O. The summed E-state index contributed by atoms with van der Waals surface area (Å²) in [7, 11) is 0. The minimum atomic E-state index is -0.652. The van der Waals surface area contributed by atoms with Gasteiger partial charge < -0.3 is 15.3 Å². The third kappa shape index (κ3) is 3.83. The van der Waals surface area contributed by atoms with Gasteiger partial charge in [-0.05, 0) is 24.5 Å². The van der Waals surface area contributed by atoms with Gasteiger partial charge >= 0.3 is 0 Å². The second-order valence-corrected chi connectivity index (χ2v) is 7.70. The Balaban J connectivity index is 1.76. The zero-order chi connectivity index (χ0) is 19.3. The van der Waals surface area contributed by atoms with E-state index in [0.29, 0.717) is 12.6 Å². The molecule has 0 amide bonds. The molecular weight excluding hydrogens is 346 g/mol. The van der Waals surface area contributed by atoms with Gasteiger partial charge in [0.2, 0.25) is 0 Å². The Morgan fingerprint density at radius 2 is 1.79 bits per heavy atom. The maximum Gasteiger partial charge on any atom is 0.199 e. The lowest BCUT2D eigenvalue weighted by Gasteiger charge is -2.42. The van der Waals surface area contributed by atoms with Crippen LogP contribution in [0.2, 0.25) is 0 Å². The van der Waals surface area contributed by atoms with Gasteiger partial charge in [0.25, 0.3) is 0 Å². The summed E-state index contributed by atoms with van der Waals surface area (Å²) in [5, 5.41) is 14.9. The number of aliphatic hydroxyl groups is 1. The smallest absolute Gasteiger partial charge is 0.199 e. The summed E-state index contributed by atoms with van der Waals surface area (Å²) in [6.45, 7) is 4.58. The van der Waals surface area contributed by atoms with Gasteiger partial charge in [-0.2, -0.15) is 0 Å². The van der Waals surface area contributed by atoms with E-state index in [-0.39, 0.29) is 6.04 Å². The van der Waals surface area contributed by atoms with Crippen LogP contribution in [-0.4, -0.2) is 28.6 Å². The average Bonchev–Trinajstić information content (AvgIpc) is 2.75. The first-order valence-electron chi connectivity index (χ1n) is 10.3. The highest BCUT2D eigenvalue weighted by molar-refractivity contribution is 5.97. The second-order valence-electron chi connectivity index (χ2n) is 7.70. The van der Waals surface area contributed by atoms with Crippen molar-refractivity contribution < 1.29 is 5.11 Å². The topological polar surface area (TPSA) is 47.9 Å². The molecule has 146 valence electrons. The van der Waals surface area contributed by atoms with Crippen LogP contribution in [0, 0.1) is 0 Å². The number of hydrogen-bond acceptors (Lipinski definition) is 2. The second kappa shape index (κ2) is 8.61. The van der Waals surface area contributed by atoms with Gasteiger partial charge in [-0.25, -0.2) is 4.99 Å². The van der Waals surface area contributed by atoms with Crippen molar-refractivity contribution in [2.45, 2.75) is 50.3 Å². The predicted octanol–water partition coefficient (Wildman–Crippen LogP) is 5.06. The third-order valence-electron chi connectivity index (χ3n) is 5.78. The van der Waals surface area contributed by atoms with Gasteiger partial charge in [-0.3, -0.25) is 0 Å². The fourth-order valence-electron chi connectivity index (χ4n) is 4.36. The highest BCUT2D eigenvalue weighted by atomic mass is 16.3. The summed E-state index contributed by atoms with van der Waals surface area (Å²) in [6, 6.07) is 18.3. The zero-order valence-electron chi connectivity index (χ0n) is 16.3. The number of hydrogen-bond donors (Lipinski definition) is 2. The van der Waals surface area contributed by atoms with E-state index in [1.54, 1.807) is 0 Å². The lowest BCUT2D eigenvalue weighted by atomic mass is 9.91. The summed E-state index contributed by atoms with van der Waals surface area (Å²) < 4.78 is 0. The molecule has 2 aromatic carbocycles. The minimum absolute atomic E-state index is 0.208. The fraction of sp³-hybridized carbons (Fsp3) is 0.375. The molecule has 0 spiro atoms. The van der Waals surface area contributed by atoms with Crippen molar-refractivity contribution in [1.82, 2.24) is 4.90 Å². The van der Waals surface area contributed by atoms with Gasteiger partial charge in [0.05, 0.1) is 12.1 Å². The first-order chi connectivity index (χ1) is 13.8. The molecule has 0 saturated heterocycles. The van der Waals surface area contributed by atoms with E-state index < -0.39 is 6.10 Å². The Bertz CT molecular complexity index is 827. The molecule has 0 bridgehead atoms. The molecule has 1 fully saturated rings. The standard InChI is InChI=1S/C24H29N3O/c1-2-17-27-22(23(28)18-11-5-3-6-12-18)20-15-9-10-16-21(20)26-24(27)25-19-13-7-4-8-14-19/h2-3,5-6,9-12,15-16,19,22-23,28H,1,4,7-8,13-14,17H2,(H,25,26)/t22-,23+/m0/s1. The van der Waals surface area contributed by atoms with E-state index >= 15 is 0 Å². The van der Waals surface area contributed by atoms with Gasteiger partial charge in [0.1, 0.15) is 6.10 Å². The van der Waals surface area contributed by atoms with Crippen molar-refractivity contribution in [2.75, 3.05) is 11.9 Å². The Labute approximate surface area is 167 Å². The van der Waals surface area contributed by atoms with E-state index in [9.17, 15) is 5.11 Å². The van der Waals surface area contributed by atoms with Crippen LogP contribution >= 0.6 is 0 Å². The van der Waals surface area contributed by atoms with Crippen LogP contribution in [-0.2, 0) is 0 Å². The Hall–Kier alpha value is -2.59. The molecule has 2 atom stereocenters. The molecule has 1 aliphatic carbocycles. The SMILES string of the molecule is C=CCN1C(=NC2CCCCC2)Nc2ccccc2[C@H]1[C@H](O)c1ccccc1. The summed E-state index contributed by atoms with van der Waals surface area (Å²) in [5.74, 6) is 0.852. The molecule has 1 saturated carbocycles. The molecule has 2 aliphatic rings. The quantitative estimate of drug-likeness (QED) is 0.718. The summed E-state index contributed by atoms with van der Waals surface area (Å²) in [5.41, 5.74) is 3.02. The maximum atomic E-state index is 11.4. The number of benzene rings is 2. The molecule has 0 radical (unpaired) electrons. The van der Waals surface area contributed by atoms with Crippen molar-refractivity contribution in [3.63, 3.8) is 0 Å². The van der Waals surface area contributed by atoms with Crippen molar-refractivity contribution in [3.05, 3.63) is 78.4 Å². The van der Waals surface area contributed by atoms with E-state index in [1.807, 2.05) is 48.5 Å². The van der Waals surface area contributed by atoms with Crippen molar-refractivity contribution >= 4 is 11.6 Å². The normalized spacial score (nSPS) is 22.4. The van der Waals surface area contributed by atoms with E-state index in [4.69, 9.17) is 4.99 Å². The first kappa shape index (κ1) is 18.8.